The summed E-state index contributed by atoms with van der Waals surface area (Å²) >= 11 is 0. The number of anilines is 1. The minimum absolute atomic E-state index is 0.134. The van der Waals surface area contributed by atoms with Crippen LogP contribution in [0.2, 0.25) is 0 Å². The van der Waals surface area contributed by atoms with E-state index in [-0.39, 0.29) is 5.69 Å². The molecule has 0 atom stereocenters. The van der Waals surface area contributed by atoms with Crippen LogP contribution in [0.5, 0.6) is 0 Å². The van der Waals surface area contributed by atoms with Gasteiger partial charge in [-0.1, -0.05) is 0 Å². The first-order valence-corrected chi connectivity index (χ1v) is 7.22. The molecule has 7 nitrogen and oxygen atoms in total. The Bertz CT molecular complexity index is 660. The Morgan fingerprint density at radius 2 is 2.00 bits per heavy atom. The second-order valence-electron chi connectivity index (χ2n) is 4.16. The summed E-state index contributed by atoms with van der Waals surface area (Å²) in [5.41, 5.74) is 0.134. The van der Waals surface area contributed by atoms with Crippen molar-refractivity contribution in [2.75, 3.05) is 26.0 Å². The van der Waals surface area contributed by atoms with Gasteiger partial charge in [-0.15, -0.1) is 0 Å². The summed E-state index contributed by atoms with van der Waals surface area (Å²) in [5.74, 6) is -2.21. The number of hydrogen-bond acceptors (Lipinski definition) is 5. The lowest BCUT2D eigenvalue weighted by atomic mass is 10.3. The molecule has 1 N–H and O–H groups in total. The smallest absolute Gasteiger partial charge is 0.321 e. The van der Waals surface area contributed by atoms with Crippen LogP contribution < -0.4 is 5.32 Å². The molecule has 1 aromatic rings. The molecule has 0 aliphatic heterocycles. The number of nitrogens with one attached hydrogen (secondary N) is 1. The number of nitrogens with zero attached hydrogens (tertiary/aromatic N) is 1. The van der Waals surface area contributed by atoms with Gasteiger partial charge in [-0.05, 0) is 18.2 Å². The highest BCUT2D eigenvalue weighted by Gasteiger charge is 2.26. The average Bonchev–Trinajstić information content (AvgIpc) is 2.37. The molecule has 0 bridgehead atoms. The molecule has 1 amide bonds. The van der Waals surface area contributed by atoms with Gasteiger partial charge in [0.05, 0.1) is 7.11 Å². The van der Waals surface area contributed by atoms with Gasteiger partial charge in [0, 0.05) is 19.7 Å². The molecule has 0 fully saturated rings. The lowest BCUT2D eigenvalue weighted by Gasteiger charge is -2.16. The van der Waals surface area contributed by atoms with Crippen LogP contribution in [-0.4, -0.2) is 45.3 Å². The molecular formula is C12H15FN2O5S. The molecule has 0 unspecified atom stereocenters. The van der Waals surface area contributed by atoms with E-state index in [0.29, 0.717) is 4.31 Å². The summed E-state index contributed by atoms with van der Waals surface area (Å²) in [6.07, 6.45) is 0. The van der Waals surface area contributed by atoms with E-state index < -0.39 is 39.2 Å². The molecule has 116 valence electrons. The molecule has 0 aliphatic rings. The van der Waals surface area contributed by atoms with Crippen molar-refractivity contribution >= 4 is 27.6 Å². The van der Waals surface area contributed by atoms with Gasteiger partial charge in [0.2, 0.25) is 15.9 Å². The number of esters is 1. The summed E-state index contributed by atoms with van der Waals surface area (Å²) in [6.45, 7) is 0.707. The van der Waals surface area contributed by atoms with Gasteiger partial charge >= 0.3 is 5.97 Å². The Kier molecular flexibility index (Phi) is 5.39. The van der Waals surface area contributed by atoms with E-state index in [1.165, 1.54) is 13.0 Å². The van der Waals surface area contributed by atoms with Crippen LogP contribution in [0.15, 0.2) is 23.1 Å². The fourth-order valence-corrected chi connectivity index (χ4v) is 2.65. The third kappa shape index (κ3) is 4.23. The number of hydrogen-bond donors (Lipinski definition) is 1. The van der Waals surface area contributed by atoms with Gasteiger partial charge in [0.25, 0.3) is 0 Å². The maximum absolute atomic E-state index is 13.9. The topological polar surface area (TPSA) is 92.8 Å². The van der Waals surface area contributed by atoms with E-state index in [2.05, 4.69) is 10.1 Å². The molecule has 0 aliphatic carbocycles. The second kappa shape index (κ2) is 6.64. The van der Waals surface area contributed by atoms with Crippen molar-refractivity contribution in [3.05, 3.63) is 24.0 Å². The first-order chi connectivity index (χ1) is 9.68. The Morgan fingerprint density at radius 1 is 1.38 bits per heavy atom. The van der Waals surface area contributed by atoms with Gasteiger partial charge in [-0.25, -0.2) is 12.8 Å². The zero-order chi connectivity index (χ0) is 16.2. The van der Waals surface area contributed by atoms with Crippen LogP contribution in [0.1, 0.15) is 6.92 Å². The van der Waals surface area contributed by atoms with Crippen molar-refractivity contribution in [1.82, 2.24) is 4.31 Å². The lowest BCUT2D eigenvalue weighted by Crippen LogP contribution is -2.33. The first-order valence-electron chi connectivity index (χ1n) is 5.78. The van der Waals surface area contributed by atoms with Gasteiger partial charge < -0.3 is 10.1 Å². The highest BCUT2D eigenvalue weighted by Crippen LogP contribution is 2.21. The average molecular weight is 318 g/mol. The summed E-state index contributed by atoms with van der Waals surface area (Å²) in [7, 11) is -1.93. The number of methoxy groups -OCH3 is 1. The molecule has 21 heavy (non-hydrogen) atoms. The van der Waals surface area contributed by atoms with Crippen molar-refractivity contribution in [2.24, 2.45) is 0 Å². The quantitative estimate of drug-likeness (QED) is 0.802. The van der Waals surface area contributed by atoms with Gasteiger partial charge in [0.15, 0.2) is 0 Å². The minimum Gasteiger partial charge on any atom is -0.468 e. The van der Waals surface area contributed by atoms with Crippen molar-refractivity contribution in [3.63, 3.8) is 0 Å². The molecule has 0 heterocycles. The summed E-state index contributed by atoms with van der Waals surface area (Å²) in [4.78, 5) is 21.4. The Labute approximate surface area is 121 Å². The molecule has 0 radical (unpaired) electrons. The number of sulfonamides is 1. The summed E-state index contributed by atoms with van der Waals surface area (Å²) in [6, 6.07) is 3.16. The van der Waals surface area contributed by atoms with Crippen LogP contribution in [0.4, 0.5) is 10.1 Å². The first kappa shape index (κ1) is 17.1. The van der Waals surface area contributed by atoms with E-state index in [0.717, 1.165) is 26.3 Å². The fourth-order valence-electron chi connectivity index (χ4n) is 1.49. The zero-order valence-electron chi connectivity index (χ0n) is 11.7. The highest BCUT2D eigenvalue weighted by molar-refractivity contribution is 7.89. The number of halogens is 1. The van der Waals surface area contributed by atoms with E-state index in [9.17, 15) is 22.4 Å². The summed E-state index contributed by atoms with van der Waals surface area (Å²) < 4.78 is 43.2. The zero-order valence-corrected chi connectivity index (χ0v) is 12.5. The number of ether oxygens (including phenoxy) is 1. The predicted molar refractivity (Wildman–Crippen MR) is 72.5 cm³/mol. The van der Waals surface area contributed by atoms with E-state index in [1.54, 1.807) is 0 Å². The Balaban J connectivity index is 3.09. The fraction of sp³-hybridized carbons (Fsp3) is 0.333. The molecule has 9 heteroatoms. The molecule has 1 aromatic carbocycles. The summed E-state index contributed by atoms with van der Waals surface area (Å²) in [5, 5.41) is 2.33. The molecule has 0 spiro atoms. The third-order valence-electron chi connectivity index (χ3n) is 2.52. The maximum atomic E-state index is 13.9. The SMILES string of the molecule is COC(=O)CN(C)S(=O)(=O)c1ccc(NC(C)=O)cc1F. The monoisotopic (exact) mass is 318 g/mol. The Hall–Kier alpha value is -2.00. The third-order valence-corrected chi connectivity index (χ3v) is 4.36. The van der Waals surface area contributed by atoms with Crippen LogP contribution in [0.3, 0.4) is 0 Å². The van der Waals surface area contributed by atoms with E-state index in [4.69, 9.17) is 0 Å². The van der Waals surface area contributed by atoms with Gasteiger partial charge in [-0.3, -0.25) is 9.59 Å². The van der Waals surface area contributed by atoms with Gasteiger partial charge in [-0.2, -0.15) is 4.31 Å². The highest BCUT2D eigenvalue weighted by atomic mass is 32.2. The van der Waals surface area contributed by atoms with Crippen LogP contribution in [-0.2, 0) is 24.3 Å². The minimum atomic E-state index is -4.18. The molecular weight excluding hydrogens is 303 g/mol. The normalized spacial score (nSPS) is 11.3. The number of likely N-dealkylation sites (N-methyl/N-ethyl adjacent to an activating group) is 1. The maximum Gasteiger partial charge on any atom is 0.321 e. The number of carbonyl (C=O) groups is 2. The molecule has 0 saturated carbocycles. The van der Waals surface area contributed by atoms with Crippen LogP contribution in [0, 0.1) is 5.82 Å². The number of benzene rings is 1. The van der Waals surface area contributed by atoms with Crippen molar-refractivity contribution < 1.29 is 27.1 Å². The van der Waals surface area contributed by atoms with E-state index >= 15 is 0 Å². The number of amides is 1. The van der Waals surface area contributed by atoms with Crippen molar-refractivity contribution in [3.8, 4) is 0 Å². The van der Waals surface area contributed by atoms with Crippen LogP contribution in [0.25, 0.3) is 0 Å². The largest absolute Gasteiger partial charge is 0.468 e. The Morgan fingerprint density at radius 3 is 2.48 bits per heavy atom. The predicted octanol–water partition coefficient (Wildman–Crippen LogP) is 0.578. The molecule has 0 saturated heterocycles. The molecule has 0 aromatic heterocycles. The standard InChI is InChI=1S/C12H15FN2O5S/c1-8(16)14-9-4-5-11(10(13)6-9)21(18,19)15(2)7-12(17)20-3/h4-6H,7H2,1-3H3,(H,14,16). The lowest BCUT2D eigenvalue weighted by molar-refractivity contribution is -0.140. The number of rotatable bonds is 5. The molecule has 1 rings (SSSR count). The van der Waals surface area contributed by atoms with Gasteiger partial charge in [0.1, 0.15) is 17.3 Å². The van der Waals surface area contributed by atoms with E-state index in [1.807, 2.05) is 0 Å². The van der Waals surface area contributed by atoms with Crippen molar-refractivity contribution in [2.45, 2.75) is 11.8 Å². The number of carbonyl (C=O) groups excluding carboxylic acids is 2. The van der Waals surface area contributed by atoms with Crippen molar-refractivity contribution in [1.29, 1.82) is 0 Å². The van der Waals surface area contributed by atoms with Crippen LogP contribution >= 0.6 is 0 Å². The second-order valence-corrected chi connectivity index (χ2v) is 6.18.